The zero-order valence-electron chi connectivity index (χ0n) is 12.4. The predicted molar refractivity (Wildman–Crippen MR) is 83.9 cm³/mol. The fourth-order valence-corrected chi connectivity index (χ4v) is 2.75. The molecular weight excluding hydrogens is 320 g/mol. The van der Waals surface area contributed by atoms with E-state index in [1.54, 1.807) is 0 Å². The Morgan fingerprint density at radius 1 is 1.30 bits per heavy atom. The van der Waals surface area contributed by atoms with E-state index in [0.717, 1.165) is 29.7 Å². The molecule has 2 rings (SSSR count). The minimum absolute atomic E-state index is 0.0173. The van der Waals surface area contributed by atoms with Gasteiger partial charge in [0.1, 0.15) is 6.61 Å². The van der Waals surface area contributed by atoms with Gasteiger partial charge in [-0.2, -0.15) is 0 Å². The third-order valence-electron chi connectivity index (χ3n) is 3.44. The van der Waals surface area contributed by atoms with Crippen molar-refractivity contribution in [1.82, 2.24) is 0 Å². The lowest BCUT2D eigenvalue weighted by atomic mass is 10.1. The lowest BCUT2D eigenvalue weighted by molar-refractivity contribution is -0.0329. The molecule has 1 heterocycles. The van der Waals surface area contributed by atoms with E-state index in [9.17, 15) is 0 Å². The third kappa shape index (κ3) is 4.13. The predicted octanol–water partition coefficient (Wildman–Crippen LogP) is 4.32. The number of hydrogen-bond acceptors (Lipinski definition) is 3. The second-order valence-corrected chi connectivity index (χ2v) is 6.26. The van der Waals surface area contributed by atoms with Crippen LogP contribution in [0, 0.1) is 0 Å². The molecule has 1 atom stereocenters. The zero-order valence-corrected chi connectivity index (χ0v) is 14.0. The maximum absolute atomic E-state index is 5.94. The molecule has 112 valence electrons. The van der Waals surface area contributed by atoms with Gasteiger partial charge in [0.2, 0.25) is 0 Å². The molecule has 1 fully saturated rings. The summed E-state index contributed by atoms with van der Waals surface area (Å²) in [5.41, 5.74) is 1.16. The summed E-state index contributed by atoms with van der Waals surface area (Å²) < 4.78 is 17.5. The molecule has 1 saturated heterocycles. The van der Waals surface area contributed by atoms with Gasteiger partial charge in [-0.05, 0) is 51.3 Å². The van der Waals surface area contributed by atoms with Gasteiger partial charge in [0.25, 0.3) is 0 Å². The highest BCUT2D eigenvalue weighted by molar-refractivity contribution is 9.08. The summed E-state index contributed by atoms with van der Waals surface area (Å²) in [5.74, 6) is 1.60. The van der Waals surface area contributed by atoms with Crippen LogP contribution in [0.2, 0.25) is 0 Å². The molecular formula is C16H23BrO3. The topological polar surface area (TPSA) is 27.7 Å². The molecule has 0 bridgehead atoms. The van der Waals surface area contributed by atoms with Gasteiger partial charge in [-0.15, -0.1) is 0 Å². The molecule has 0 spiro atoms. The molecule has 0 N–H and O–H groups in total. The van der Waals surface area contributed by atoms with Gasteiger partial charge in [0, 0.05) is 5.33 Å². The summed E-state index contributed by atoms with van der Waals surface area (Å²) in [4.78, 5) is 0. The molecule has 1 aromatic carbocycles. The molecule has 1 unspecified atom stereocenters. The quantitative estimate of drug-likeness (QED) is 0.720. The van der Waals surface area contributed by atoms with Crippen molar-refractivity contribution < 1.29 is 14.2 Å². The lowest BCUT2D eigenvalue weighted by Gasteiger charge is -2.20. The Morgan fingerprint density at radius 2 is 2.10 bits per heavy atom. The van der Waals surface area contributed by atoms with Gasteiger partial charge in [-0.1, -0.05) is 22.0 Å². The van der Waals surface area contributed by atoms with E-state index in [1.807, 2.05) is 25.1 Å². The molecule has 1 aliphatic heterocycles. The third-order valence-corrected chi connectivity index (χ3v) is 4.09. The summed E-state index contributed by atoms with van der Waals surface area (Å²) >= 11 is 3.46. The normalized spacial score (nSPS) is 20.9. The summed E-state index contributed by atoms with van der Waals surface area (Å²) in [6, 6.07) is 6.04. The highest BCUT2D eigenvalue weighted by atomic mass is 79.9. The molecule has 1 aromatic rings. The van der Waals surface area contributed by atoms with Crippen molar-refractivity contribution in [2.45, 2.75) is 50.6 Å². The molecule has 20 heavy (non-hydrogen) atoms. The average Bonchev–Trinajstić information content (AvgIpc) is 2.77. The number of hydrogen-bond donors (Lipinski definition) is 0. The molecule has 0 aromatic heterocycles. The van der Waals surface area contributed by atoms with Crippen LogP contribution < -0.4 is 9.47 Å². The summed E-state index contributed by atoms with van der Waals surface area (Å²) in [6.45, 7) is 7.45. The standard InChI is InChI=1S/C16H23BrO3/c1-4-18-15-9-12(10-17)5-6-14(15)19-11-13-7-8-16(2,3)20-13/h5-6,9,13H,4,7-8,10-11H2,1-3H3. The summed E-state index contributed by atoms with van der Waals surface area (Å²) in [6.07, 6.45) is 2.31. The zero-order chi connectivity index (χ0) is 14.6. The van der Waals surface area contributed by atoms with Crippen molar-refractivity contribution in [3.8, 4) is 11.5 Å². The smallest absolute Gasteiger partial charge is 0.161 e. The van der Waals surface area contributed by atoms with E-state index in [2.05, 4.69) is 29.8 Å². The van der Waals surface area contributed by atoms with Gasteiger partial charge in [0.05, 0.1) is 18.3 Å². The van der Waals surface area contributed by atoms with Gasteiger partial charge >= 0.3 is 0 Å². The number of ether oxygens (including phenoxy) is 3. The fraction of sp³-hybridized carbons (Fsp3) is 0.625. The molecule has 3 nitrogen and oxygen atoms in total. The number of benzene rings is 1. The van der Waals surface area contributed by atoms with Crippen molar-refractivity contribution in [2.75, 3.05) is 13.2 Å². The fourth-order valence-electron chi connectivity index (χ4n) is 2.40. The first-order valence-corrected chi connectivity index (χ1v) is 8.28. The van der Waals surface area contributed by atoms with Crippen LogP contribution >= 0.6 is 15.9 Å². The maximum Gasteiger partial charge on any atom is 0.161 e. The van der Waals surface area contributed by atoms with Crippen molar-refractivity contribution >= 4 is 15.9 Å². The van der Waals surface area contributed by atoms with E-state index in [1.165, 1.54) is 5.56 Å². The Hall–Kier alpha value is -0.740. The van der Waals surface area contributed by atoms with E-state index in [-0.39, 0.29) is 11.7 Å². The minimum atomic E-state index is -0.0173. The van der Waals surface area contributed by atoms with Crippen molar-refractivity contribution in [1.29, 1.82) is 0 Å². The van der Waals surface area contributed by atoms with Gasteiger partial charge < -0.3 is 14.2 Å². The van der Waals surface area contributed by atoms with Crippen LogP contribution in [0.4, 0.5) is 0 Å². The van der Waals surface area contributed by atoms with Crippen LogP contribution in [0.25, 0.3) is 0 Å². The number of alkyl halides is 1. The first-order chi connectivity index (χ1) is 9.54. The van der Waals surface area contributed by atoms with E-state index in [4.69, 9.17) is 14.2 Å². The van der Waals surface area contributed by atoms with Gasteiger partial charge in [0.15, 0.2) is 11.5 Å². The Kier molecular flexibility index (Phi) is 5.33. The van der Waals surface area contributed by atoms with Gasteiger partial charge in [-0.25, -0.2) is 0 Å². The average molecular weight is 343 g/mol. The Balaban J connectivity index is 1.98. The highest BCUT2D eigenvalue weighted by Crippen LogP contribution is 2.32. The molecule has 0 saturated carbocycles. The second kappa shape index (κ2) is 6.81. The Bertz CT molecular complexity index is 445. The van der Waals surface area contributed by atoms with Crippen molar-refractivity contribution in [2.24, 2.45) is 0 Å². The monoisotopic (exact) mass is 342 g/mol. The van der Waals surface area contributed by atoms with Crippen molar-refractivity contribution in [3.05, 3.63) is 23.8 Å². The summed E-state index contributed by atoms with van der Waals surface area (Å²) in [7, 11) is 0. The highest BCUT2D eigenvalue weighted by Gasteiger charge is 2.32. The maximum atomic E-state index is 5.94. The van der Waals surface area contributed by atoms with Gasteiger partial charge in [-0.3, -0.25) is 0 Å². The Morgan fingerprint density at radius 3 is 2.70 bits per heavy atom. The molecule has 0 amide bonds. The van der Waals surface area contributed by atoms with Crippen LogP contribution in [-0.4, -0.2) is 24.9 Å². The lowest BCUT2D eigenvalue weighted by Crippen LogP contribution is -2.24. The molecule has 0 radical (unpaired) electrons. The van der Waals surface area contributed by atoms with E-state index < -0.39 is 0 Å². The molecule has 1 aliphatic rings. The minimum Gasteiger partial charge on any atom is -0.490 e. The SMILES string of the molecule is CCOc1cc(CBr)ccc1OCC1CCC(C)(C)O1. The van der Waals surface area contributed by atoms with Crippen LogP contribution in [0.1, 0.15) is 39.2 Å². The number of halogens is 1. The summed E-state index contributed by atoms with van der Waals surface area (Å²) in [5, 5.41) is 0.813. The van der Waals surface area contributed by atoms with Crippen LogP contribution in [0.5, 0.6) is 11.5 Å². The van der Waals surface area contributed by atoms with E-state index in [0.29, 0.717) is 13.2 Å². The van der Waals surface area contributed by atoms with Crippen LogP contribution in [-0.2, 0) is 10.1 Å². The van der Waals surface area contributed by atoms with Crippen LogP contribution in [0.15, 0.2) is 18.2 Å². The molecule has 0 aliphatic carbocycles. The Labute approximate surface area is 129 Å². The van der Waals surface area contributed by atoms with Crippen molar-refractivity contribution in [3.63, 3.8) is 0 Å². The number of rotatable bonds is 6. The van der Waals surface area contributed by atoms with E-state index >= 15 is 0 Å². The second-order valence-electron chi connectivity index (χ2n) is 5.70. The van der Waals surface area contributed by atoms with Crippen LogP contribution in [0.3, 0.4) is 0 Å². The molecule has 4 heteroatoms. The first kappa shape index (κ1) is 15.6. The first-order valence-electron chi connectivity index (χ1n) is 7.16. The largest absolute Gasteiger partial charge is 0.490 e.